The van der Waals surface area contributed by atoms with E-state index in [1.165, 1.54) is 0 Å². The zero-order valence-corrected chi connectivity index (χ0v) is 9.04. The predicted molar refractivity (Wildman–Crippen MR) is 54.6 cm³/mol. The molecule has 14 heavy (non-hydrogen) atoms. The zero-order valence-electron chi connectivity index (χ0n) is 8.29. The van der Waals surface area contributed by atoms with Crippen LogP contribution in [0.15, 0.2) is 0 Å². The molecule has 0 saturated carbocycles. The SMILES string of the molecule is Cc1nn(C2CNCC2O)c(C)c1Cl. The summed E-state index contributed by atoms with van der Waals surface area (Å²) in [6.45, 7) is 5.17. The minimum Gasteiger partial charge on any atom is -0.390 e. The average molecular weight is 216 g/mol. The molecule has 2 unspecified atom stereocenters. The summed E-state index contributed by atoms with van der Waals surface area (Å²) in [5, 5.41) is 17.8. The minimum absolute atomic E-state index is 0.0150. The Kier molecular flexibility index (Phi) is 2.51. The summed E-state index contributed by atoms with van der Waals surface area (Å²) in [6, 6.07) is 0.0150. The number of β-amino-alcohol motifs (C(OH)–C–C–N with tert-alkyl or cyclic N) is 1. The highest BCUT2D eigenvalue weighted by Gasteiger charge is 2.29. The normalized spacial score (nSPS) is 27.1. The van der Waals surface area contributed by atoms with E-state index in [2.05, 4.69) is 10.4 Å². The lowest BCUT2D eigenvalue weighted by atomic mass is 10.2. The average Bonchev–Trinajstić information content (AvgIpc) is 2.66. The maximum Gasteiger partial charge on any atom is 0.0918 e. The number of nitrogens with zero attached hydrogens (tertiary/aromatic N) is 2. The van der Waals surface area contributed by atoms with E-state index in [1.54, 1.807) is 0 Å². The second kappa shape index (κ2) is 3.53. The molecule has 1 aromatic rings. The number of aryl methyl sites for hydroxylation is 1. The Morgan fingerprint density at radius 3 is 2.64 bits per heavy atom. The molecule has 0 spiro atoms. The summed E-state index contributed by atoms with van der Waals surface area (Å²) >= 11 is 6.04. The highest BCUT2D eigenvalue weighted by Crippen LogP contribution is 2.24. The van der Waals surface area contributed by atoms with Crippen molar-refractivity contribution in [1.82, 2.24) is 15.1 Å². The molecule has 1 saturated heterocycles. The Hall–Kier alpha value is -0.580. The van der Waals surface area contributed by atoms with Crippen molar-refractivity contribution >= 4 is 11.6 Å². The third-order valence-corrected chi connectivity index (χ3v) is 3.25. The van der Waals surface area contributed by atoms with E-state index in [1.807, 2.05) is 18.5 Å². The van der Waals surface area contributed by atoms with Gasteiger partial charge in [-0.3, -0.25) is 4.68 Å². The standard InChI is InChI=1S/C9H14ClN3O/c1-5-9(10)6(2)13(12-5)7-3-11-4-8(7)14/h7-8,11,14H,3-4H2,1-2H3. The minimum atomic E-state index is -0.371. The van der Waals surface area contributed by atoms with Gasteiger partial charge in [0.2, 0.25) is 0 Å². The molecule has 4 nitrogen and oxygen atoms in total. The molecule has 0 bridgehead atoms. The molecule has 0 aliphatic carbocycles. The summed E-state index contributed by atoms with van der Waals surface area (Å²) < 4.78 is 1.82. The smallest absolute Gasteiger partial charge is 0.0918 e. The highest BCUT2D eigenvalue weighted by atomic mass is 35.5. The number of aliphatic hydroxyl groups is 1. The number of hydrogen-bond acceptors (Lipinski definition) is 3. The molecule has 78 valence electrons. The number of nitrogens with one attached hydrogen (secondary N) is 1. The summed E-state index contributed by atoms with van der Waals surface area (Å²) in [6.07, 6.45) is -0.371. The van der Waals surface area contributed by atoms with E-state index in [-0.39, 0.29) is 12.1 Å². The molecule has 0 amide bonds. The number of aliphatic hydroxyl groups excluding tert-OH is 1. The molecule has 2 rings (SSSR count). The molecular formula is C9H14ClN3O. The second-order valence-electron chi connectivity index (χ2n) is 3.72. The van der Waals surface area contributed by atoms with Crippen LogP contribution in [0.1, 0.15) is 17.4 Å². The van der Waals surface area contributed by atoms with E-state index < -0.39 is 0 Å². The van der Waals surface area contributed by atoms with Gasteiger partial charge in [0.25, 0.3) is 0 Å². The number of rotatable bonds is 1. The predicted octanol–water partition coefficient (Wildman–Crippen LogP) is 0.659. The van der Waals surface area contributed by atoms with Crippen molar-refractivity contribution in [2.75, 3.05) is 13.1 Å². The maximum atomic E-state index is 9.70. The van der Waals surface area contributed by atoms with Crippen LogP contribution in [0, 0.1) is 13.8 Å². The van der Waals surface area contributed by atoms with E-state index in [0.29, 0.717) is 11.6 Å². The fourth-order valence-electron chi connectivity index (χ4n) is 1.87. The van der Waals surface area contributed by atoms with Gasteiger partial charge < -0.3 is 10.4 Å². The first-order valence-electron chi connectivity index (χ1n) is 4.71. The molecule has 0 aromatic carbocycles. The zero-order chi connectivity index (χ0) is 10.3. The van der Waals surface area contributed by atoms with Crippen molar-refractivity contribution in [3.63, 3.8) is 0 Å². The van der Waals surface area contributed by atoms with E-state index in [9.17, 15) is 5.11 Å². The largest absolute Gasteiger partial charge is 0.390 e. The summed E-state index contributed by atoms with van der Waals surface area (Å²) in [5.41, 5.74) is 1.75. The van der Waals surface area contributed by atoms with E-state index >= 15 is 0 Å². The molecular weight excluding hydrogens is 202 g/mol. The lowest BCUT2D eigenvalue weighted by Gasteiger charge is -2.15. The maximum absolute atomic E-state index is 9.70. The van der Waals surface area contributed by atoms with Gasteiger partial charge in [0.05, 0.1) is 28.6 Å². The Morgan fingerprint density at radius 2 is 2.21 bits per heavy atom. The van der Waals surface area contributed by atoms with Crippen LogP contribution >= 0.6 is 11.6 Å². The van der Waals surface area contributed by atoms with Crippen LogP contribution in [0.3, 0.4) is 0 Å². The first-order chi connectivity index (χ1) is 6.61. The third kappa shape index (κ3) is 1.43. The summed E-state index contributed by atoms with van der Waals surface area (Å²) in [4.78, 5) is 0. The Bertz CT molecular complexity index is 350. The van der Waals surface area contributed by atoms with Gasteiger partial charge in [-0.25, -0.2) is 0 Å². The lowest BCUT2D eigenvalue weighted by molar-refractivity contribution is 0.143. The molecule has 2 N–H and O–H groups in total. The van der Waals surface area contributed by atoms with Crippen molar-refractivity contribution in [3.05, 3.63) is 16.4 Å². The molecule has 2 heterocycles. The van der Waals surface area contributed by atoms with E-state index in [0.717, 1.165) is 17.9 Å². The highest BCUT2D eigenvalue weighted by molar-refractivity contribution is 6.31. The molecule has 1 fully saturated rings. The quantitative estimate of drug-likeness (QED) is 0.724. The molecule has 1 aliphatic heterocycles. The second-order valence-corrected chi connectivity index (χ2v) is 4.10. The van der Waals surface area contributed by atoms with Crippen molar-refractivity contribution in [2.45, 2.75) is 26.0 Å². The molecule has 5 heteroatoms. The monoisotopic (exact) mass is 215 g/mol. The van der Waals surface area contributed by atoms with Crippen LogP contribution in [-0.4, -0.2) is 34.1 Å². The Morgan fingerprint density at radius 1 is 1.50 bits per heavy atom. The first kappa shape index (κ1) is 9.96. The van der Waals surface area contributed by atoms with Crippen LogP contribution < -0.4 is 5.32 Å². The lowest BCUT2D eigenvalue weighted by Crippen LogP contribution is -2.24. The van der Waals surface area contributed by atoms with Gasteiger partial charge in [0.1, 0.15) is 0 Å². The van der Waals surface area contributed by atoms with Crippen LogP contribution in [0.5, 0.6) is 0 Å². The van der Waals surface area contributed by atoms with Gasteiger partial charge in [0, 0.05) is 13.1 Å². The van der Waals surface area contributed by atoms with Gasteiger partial charge in [-0.1, -0.05) is 11.6 Å². The van der Waals surface area contributed by atoms with Crippen LogP contribution in [-0.2, 0) is 0 Å². The van der Waals surface area contributed by atoms with Crippen LogP contribution in [0.25, 0.3) is 0 Å². The van der Waals surface area contributed by atoms with Gasteiger partial charge in [0.15, 0.2) is 0 Å². The van der Waals surface area contributed by atoms with Crippen LogP contribution in [0.2, 0.25) is 5.02 Å². The molecule has 2 atom stereocenters. The Labute approximate surface area is 87.9 Å². The summed E-state index contributed by atoms with van der Waals surface area (Å²) in [7, 11) is 0. The fraction of sp³-hybridized carbons (Fsp3) is 0.667. The first-order valence-corrected chi connectivity index (χ1v) is 5.09. The van der Waals surface area contributed by atoms with Gasteiger partial charge in [-0.15, -0.1) is 0 Å². The van der Waals surface area contributed by atoms with Crippen molar-refractivity contribution < 1.29 is 5.11 Å². The number of hydrogen-bond donors (Lipinski definition) is 2. The van der Waals surface area contributed by atoms with E-state index in [4.69, 9.17) is 11.6 Å². The summed E-state index contributed by atoms with van der Waals surface area (Å²) in [5.74, 6) is 0. The van der Waals surface area contributed by atoms with Crippen molar-refractivity contribution in [3.8, 4) is 0 Å². The topological polar surface area (TPSA) is 50.1 Å². The molecule has 1 aliphatic rings. The van der Waals surface area contributed by atoms with Crippen molar-refractivity contribution in [2.24, 2.45) is 0 Å². The fourth-order valence-corrected chi connectivity index (χ4v) is 1.99. The third-order valence-electron chi connectivity index (χ3n) is 2.70. The van der Waals surface area contributed by atoms with Gasteiger partial charge in [-0.2, -0.15) is 5.10 Å². The molecule has 0 radical (unpaired) electrons. The molecule has 1 aromatic heterocycles. The van der Waals surface area contributed by atoms with Crippen LogP contribution in [0.4, 0.5) is 0 Å². The Balaban J connectivity index is 2.36. The number of halogens is 1. The van der Waals surface area contributed by atoms with Gasteiger partial charge in [-0.05, 0) is 13.8 Å². The number of aromatic nitrogens is 2. The van der Waals surface area contributed by atoms with Gasteiger partial charge >= 0.3 is 0 Å². The van der Waals surface area contributed by atoms with Crippen molar-refractivity contribution in [1.29, 1.82) is 0 Å².